The molecule has 4 N–H and O–H groups in total. The molecule has 138 valence electrons. The van der Waals surface area contributed by atoms with Crippen LogP contribution in [0.4, 0.5) is 0 Å². The quantitative estimate of drug-likeness (QED) is 0.643. The standard InChI is InChI=1S/C19H23N3O4/c1-10-15(19(25)22-21-10)9-17(24)20-18(13-7-14(23)8-13)12-2-3-16-11(6-12)4-5-26-16/h2-3,6,13-14,18,23H,4-5,7-9H2,1H3,(H,20,24)(H2,21,22,25)/t13?,14?,18-/m0/s1. The molecule has 0 saturated heterocycles. The number of amides is 1. The monoisotopic (exact) mass is 357 g/mol. The van der Waals surface area contributed by atoms with Gasteiger partial charge in [0.2, 0.25) is 5.91 Å². The van der Waals surface area contributed by atoms with Crippen molar-refractivity contribution in [3.63, 3.8) is 0 Å². The van der Waals surface area contributed by atoms with Gasteiger partial charge in [0.05, 0.1) is 25.2 Å². The van der Waals surface area contributed by atoms with E-state index in [1.54, 1.807) is 6.92 Å². The fourth-order valence-corrected chi connectivity index (χ4v) is 3.84. The third-order valence-corrected chi connectivity index (χ3v) is 5.44. The van der Waals surface area contributed by atoms with Crippen molar-refractivity contribution in [2.24, 2.45) is 5.92 Å². The molecule has 1 atom stereocenters. The number of aromatic nitrogens is 2. The predicted octanol–water partition coefficient (Wildman–Crippen LogP) is 1.12. The zero-order valence-electron chi connectivity index (χ0n) is 14.7. The van der Waals surface area contributed by atoms with Crippen LogP contribution >= 0.6 is 0 Å². The molecule has 1 aromatic carbocycles. The molecule has 2 heterocycles. The van der Waals surface area contributed by atoms with Crippen molar-refractivity contribution in [1.29, 1.82) is 0 Å². The smallest absolute Gasteiger partial charge is 0.267 e. The third-order valence-electron chi connectivity index (χ3n) is 5.44. The van der Waals surface area contributed by atoms with Crippen LogP contribution in [0.15, 0.2) is 23.0 Å². The van der Waals surface area contributed by atoms with Gasteiger partial charge in [0.1, 0.15) is 5.75 Å². The van der Waals surface area contributed by atoms with Crippen LogP contribution in [-0.4, -0.2) is 33.9 Å². The topological polar surface area (TPSA) is 107 Å². The fraction of sp³-hybridized carbons (Fsp3) is 0.474. The molecule has 1 amide bonds. The summed E-state index contributed by atoms with van der Waals surface area (Å²) in [6.07, 6.45) is 1.94. The third kappa shape index (κ3) is 3.14. The Labute approximate surface area is 150 Å². The highest BCUT2D eigenvalue weighted by Gasteiger charge is 2.36. The van der Waals surface area contributed by atoms with E-state index in [1.807, 2.05) is 12.1 Å². The first-order chi connectivity index (χ1) is 12.5. The minimum atomic E-state index is -0.299. The van der Waals surface area contributed by atoms with E-state index in [9.17, 15) is 14.7 Å². The maximum absolute atomic E-state index is 12.6. The van der Waals surface area contributed by atoms with Gasteiger partial charge in [-0.2, -0.15) is 0 Å². The van der Waals surface area contributed by atoms with E-state index in [1.165, 1.54) is 0 Å². The van der Waals surface area contributed by atoms with Crippen LogP contribution in [0.25, 0.3) is 0 Å². The van der Waals surface area contributed by atoms with Gasteiger partial charge < -0.3 is 20.3 Å². The number of aryl methyl sites for hydroxylation is 1. The highest BCUT2D eigenvalue weighted by molar-refractivity contribution is 5.79. The summed E-state index contributed by atoms with van der Waals surface area (Å²) in [4.78, 5) is 24.4. The number of fused-ring (bicyclic) bond motifs is 1. The van der Waals surface area contributed by atoms with Crippen molar-refractivity contribution in [1.82, 2.24) is 15.5 Å². The van der Waals surface area contributed by atoms with E-state index >= 15 is 0 Å². The highest BCUT2D eigenvalue weighted by Crippen LogP contribution is 2.39. The molecule has 0 spiro atoms. The molecule has 0 bridgehead atoms. The zero-order chi connectivity index (χ0) is 18.3. The normalized spacial score (nSPS) is 22.2. The maximum Gasteiger partial charge on any atom is 0.267 e. The Balaban J connectivity index is 1.54. The molecule has 2 aliphatic rings. The van der Waals surface area contributed by atoms with Gasteiger partial charge in [0, 0.05) is 17.7 Å². The van der Waals surface area contributed by atoms with Gasteiger partial charge >= 0.3 is 0 Å². The lowest BCUT2D eigenvalue weighted by Crippen LogP contribution is -2.42. The molecule has 4 rings (SSSR count). The molecular weight excluding hydrogens is 334 g/mol. The molecule has 2 aromatic rings. The molecule has 1 fully saturated rings. The Bertz CT molecular complexity index is 879. The first-order valence-electron chi connectivity index (χ1n) is 9.00. The van der Waals surface area contributed by atoms with E-state index in [-0.39, 0.29) is 36.0 Å². The largest absolute Gasteiger partial charge is 0.493 e. The number of aromatic amines is 2. The number of carbonyl (C=O) groups is 1. The number of H-pyrrole nitrogens is 2. The average Bonchev–Trinajstić information content (AvgIpc) is 3.18. The molecule has 7 nitrogen and oxygen atoms in total. The molecule has 1 aliphatic heterocycles. The van der Waals surface area contributed by atoms with Gasteiger partial charge in [-0.3, -0.25) is 14.7 Å². The first-order valence-corrected chi connectivity index (χ1v) is 9.00. The fourth-order valence-electron chi connectivity index (χ4n) is 3.84. The van der Waals surface area contributed by atoms with E-state index < -0.39 is 0 Å². The summed E-state index contributed by atoms with van der Waals surface area (Å²) < 4.78 is 5.56. The molecular formula is C19H23N3O4. The van der Waals surface area contributed by atoms with Gasteiger partial charge in [-0.15, -0.1) is 0 Å². The Morgan fingerprint density at radius 1 is 1.38 bits per heavy atom. The van der Waals surface area contributed by atoms with Crippen molar-refractivity contribution in [3.05, 3.63) is 50.9 Å². The van der Waals surface area contributed by atoms with Gasteiger partial charge in [0.25, 0.3) is 5.56 Å². The molecule has 1 saturated carbocycles. The summed E-state index contributed by atoms with van der Waals surface area (Å²) >= 11 is 0. The van der Waals surface area contributed by atoms with E-state index in [4.69, 9.17) is 4.74 Å². The molecule has 0 unspecified atom stereocenters. The second-order valence-corrected chi connectivity index (χ2v) is 7.26. The first kappa shape index (κ1) is 16.9. The summed E-state index contributed by atoms with van der Waals surface area (Å²) in [6, 6.07) is 5.85. The van der Waals surface area contributed by atoms with Gasteiger partial charge in [-0.05, 0) is 48.9 Å². The van der Waals surface area contributed by atoms with Crippen molar-refractivity contribution in [2.75, 3.05) is 6.61 Å². The number of benzene rings is 1. The summed E-state index contributed by atoms with van der Waals surface area (Å²) in [5.74, 6) is 0.906. The summed E-state index contributed by atoms with van der Waals surface area (Å²) in [5.41, 5.74) is 3.05. The minimum Gasteiger partial charge on any atom is -0.493 e. The van der Waals surface area contributed by atoms with Crippen LogP contribution < -0.4 is 15.6 Å². The second-order valence-electron chi connectivity index (χ2n) is 7.26. The van der Waals surface area contributed by atoms with Crippen LogP contribution in [0, 0.1) is 12.8 Å². The predicted molar refractivity (Wildman–Crippen MR) is 95.1 cm³/mol. The Morgan fingerprint density at radius 2 is 2.19 bits per heavy atom. The number of aliphatic hydroxyl groups is 1. The Kier molecular flexibility index (Phi) is 4.32. The minimum absolute atomic E-state index is 0.0322. The van der Waals surface area contributed by atoms with E-state index in [2.05, 4.69) is 21.6 Å². The van der Waals surface area contributed by atoms with Crippen molar-refractivity contribution in [2.45, 2.75) is 44.8 Å². The zero-order valence-corrected chi connectivity index (χ0v) is 14.7. The Morgan fingerprint density at radius 3 is 2.88 bits per heavy atom. The van der Waals surface area contributed by atoms with Crippen molar-refractivity contribution < 1.29 is 14.6 Å². The summed E-state index contributed by atoms with van der Waals surface area (Å²) in [7, 11) is 0. The van der Waals surface area contributed by atoms with Crippen molar-refractivity contribution >= 4 is 5.91 Å². The molecule has 26 heavy (non-hydrogen) atoms. The molecule has 0 radical (unpaired) electrons. The number of ether oxygens (including phenoxy) is 1. The number of carbonyl (C=O) groups excluding carboxylic acids is 1. The van der Waals surface area contributed by atoms with Gasteiger partial charge in [-0.1, -0.05) is 6.07 Å². The lowest BCUT2D eigenvalue weighted by molar-refractivity contribution is -0.122. The maximum atomic E-state index is 12.6. The average molecular weight is 357 g/mol. The van der Waals surface area contributed by atoms with Crippen LogP contribution in [-0.2, 0) is 17.6 Å². The SMILES string of the molecule is Cc1[nH][nH]c(=O)c1CC(=O)N[C@@H](c1ccc2c(c1)CCO2)C1CC(O)C1. The molecule has 1 aliphatic carbocycles. The van der Waals surface area contributed by atoms with Crippen LogP contribution in [0.3, 0.4) is 0 Å². The number of aliphatic hydroxyl groups excluding tert-OH is 1. The lowest BCUT2D eigenvalue weighted by atomic mass is 9.74. The number of nitrogens with one attached hydrogen (secondary N) is 3. The van der Waals surface area contributed by atoms with Crippen LogP contribution in [0.1, 0.15) is 41.3 Å². The van der Waals surface area contributed by atoms with E-state index in [0.717, 1.165) is 23.3 Å². The van der Waals surface area contributed by atoms with E-state index in [0.29, 0.717) is 30.7 Å². The summed E-state index contributed by atoms with van der Waals surface area (Å²) in [5, 5.41) is 18.0. The number of rotatable bonds is 5. The van der Waals surface area contributed by atoms with Crippen LogP contribution in [0.5, 0.6) is 5.75 Å². The highest BCUT2D eigenvalue weighted by atomic mass is 16.5. The number of hydrogen-bond donors (Lipinski definition) is 4. The van der Waals surface area contributed by atoms with Gasteiger partial charge in [0.15, 0.2) is 0 Å². The summed E-state index contributed by atoms with van der Waals surface area (Å²) in [6.45, 7) is 2.45. The van der Waals surface area contributed by atoms with Gasteiger partial charge in [-0.25, -0.2) is 0 Å². The van der Waals surface area contributed by atoms with Crippen molar-refractivity contribution in [3.8, 4) is 5.75 Å². The molecule has 7 heteroatoms. The second kappa shape index (κ2) is 6.64. The lowest BCUT2D eigenvalue weighted by Gasteiger charge is -2.38. The Hall–Kier alpha value is -2.54. The van der Waals surface area contributed by atoms with Crippen LogP contribution in [0.2, 0.25) is 0 Å². The number of hydrogen-bond acceptors (Lipinski definition) is 4. The molecule has 1 aromatic heterocycles.